The van der Waals surface area contributed by atoms with Gasteiger partial charge in [-0.1, -0.05) is 11.6 Å². The van der Waals surface area contributed by atoms with Crippen molar-refractivity contribution < 1.29 is 0 Å². The highest BCUT2D eigenvalue weighted by atomic mass is 35.5. The molecule has 0 saturated heterocycles. The minimum atomic E-state index is 0.389. The first kappa shape index (κ1) is 12.7. The lowest BCUT2D eigenvalue weighted by Gasteiger charge is -2.14. The number of hydrogen-bond donors (Lipinski definition) is 2. The molecule has 2 aromatic rings. The predicted octanol–water partition coefficient (Wildman–Crippen LogP) is 3.43. The van der Waals surface area contributed by atoms with Gasteiger partial charge in [0.05, 0.1) is 5.52 Å². The molecule has 2 atom stereocenters. The third kappa shape index (κ3) is 2.82. The minimum absolute atomic E-state index is 0.389. The van der Waals surface area contributed by atoms with E-state index in [9.17, 15) is 0 Å². The average Bonchev–Trinajstić information content (AvgIpc) is 2.81. The summed E-state index contributed by atoms with van der Waals surface area (Å²) in [5, 5.41) is 5.37. The highest BCUT2D eigenvalue weighted by Crippen LogP contribution is 2.27. The molecule has 1 aromatic carbocycles. The summed E-state index contributed by atoms with van der Waals surface area (Å²) in [4.78, 5) is 4.35. The van der Waals surface area contributed by atoms with Crippen LogP contribution < -0.4 is 11.1 Å². The summed E-state index contributed by atoms with van der Waals surface area (Å²) in [7, 11) is 0. The van der Waals surface area contributed by atoms with Gasteiger partial charge in [0.15, 0.2) is 0 Å². The number of pyridine rings is 1. The molecule has 3 rings (SSSR count). The van der Waals surface area contributed by atoms with Crippen LogP contribution >= 0.6 is 11.6 Å². The molecule has 0 radical (unpaired) electrons. The van der Waals surface area contributed by atoms with Crippen LogP contribution in [-0.4, -0.2) is 17.6 Å². The van der Waals surface area contributed by atoms with E-state index < -0.39 is 0 Å². The van der Waals surface area contributed by atoms with Gasteiger partial charge in [0.25, 0.3) is 0 Å². The predicted molar refractivity (Wildman–Crippen MR) is 80.6 cm³/mol. The summed E-state index contributed by atoms with van der Waals surface area (Å²) in [5.74, 6) is 0.686. The molecule has 3 N–H and O–H groups in total. The third-order valence-corrected chi connectivity index (χ3v) is 4.10. The van der Waals surface area contributed by atoms with Crippen LogP contribution in [0.25, 0.3) is 10.9 Å². The van der Waals surface area contributed by atoms with E-state index >= 15 is 0 Å². The molecule has 1 aliphatic rings. The van der Waals surface area contributed by atoms with Gasteiger partial charge in [-0.3, -0.25) is 4.98 Å². The molecule has 100 valence electrons. The van der Waals surface area contributed by atoms with Crippen LogP contribution in [0, 0.1) is 5.92 Å². The monoisotopic (exact) mass is 275 g/mol. The molecule has 0 amide bonds. The molecule has 19 heavy (non-hydrogen) atoms. The summed E-state index contributed by atoms with van der Waals surface area (Å²) in [6, 6.07) is 8.23. The van der Waals surface area contributed by atoms with Crippen molar-refractivity contribution in [1.82, 2.24) is 4.98 Å². The lowest BCUT2D eigenvalue weighted by atomic mass is 10.1. The van der Waals surface area contributed by atoms with E-state index in [4.69, 9.17) is 17.3 Å². The second-order valence-electron chi connectivity index (χ2n) is 5.34. The lowest BCUT2D eigenvalue weighted by molar-refractivity contribution is 0.566. The Kier molecular flexibility index (Phi) is 3.58. The van der Waals surface area contributed by atoms with Crippen LogP contribution in [0.3, 0.4) is 0 Å². The summed E-state index contributed by atoms with van der Waals surface area (Å²) in [6.45, 7) is 0.982. The Morgan fingerprint density at radius 3 is 3.00 bits per heavy atom. The first-order valence-electron chi connectivity index (χ1n) is 6.76. The van der Waals surface area contributed by atoms with Crippen LogP contribution in [0.15, 0.2) is 30.5 Å². The number of nitrogens with zero attached hydrogens (tertiary/aromatic N) is 1. The maximum atomic E-state index is 5.99. The molecular weight excluding hydrogens is 258 g/mol. The topological polar surface area (TPSA) is 50.9 Å². The Morgan fingerprint density at radius 2 is 2.21 bits per heavy atom. The fourth-order valence-electron chi connectivity index (χ4n) is 2.83. The van der Waals surface area contributed by atoms with Gasteiger partial charge >= 0.3 is 0 Å². The van der Waals surface area contributed by atoms with Gasteiger partial charge in [-0.2, -0.15) is 0 Å². The van der Waals surface area contributed by atoms with Crippen molar-refractivity contribution in [2.45, 2.75) is 25.3 Å². The first-order valence-corrected chi connectivity index (χ1v) is 7.14. The normalized spacial score (nSPS) is 22.8. The van der Waals surface area contributed by atoms with E-state index in [0.717, 1.165) is 41.0 Å². The molecule has 4 heteroatoms. The number of anilines is 1. The summed E-state index contributed by atoms with van der Waals surface area (Å²) in [6.07, 6.45) is 5.32. The average molecular weight is 276 g/mol. The zero-order valence-corrected chi connectivity index (χ0v) is 11.5. The maximum Gasteiger partial charge on any atom is 0.0737 e. The van der Waals surface area contributed by atoms with E-state index in [0.29, 0.717) is 12.0 Å². The van der Waals surface area contributed by atoms with E-state index in [1.54, 1.807) is 0 Å². The van der Waals surface area contributed by atoms with Crippen molar-refractivity contribution in [2.24, 2.45) is 11.7 Å². The third-order valence-electron chi connectivity index (χ3n) is 3.87. The highest BCUT2D eigenvalue weighted by Gasteiger charge is 2.21. The highest BCUT2D eigenvalue weighted by molar-refractivity contribution is 6.31. The van der Waals surface area contributed by atoms with Crippen LogP contribution in [0.1, 0.15) is 19.3 Å². The fraction of sp³-hybridized carbons (Fsp3) is 0.400. The summed E-state index contributed by atoms with van der Waals surface area (Å²) < 4.78 is 0. The molecule has 0 spiro atoms. The molecular formula is C15H18ClN3. The Balaban J connectivity index is 1.77. The number of hydrogen-bond acceptors (Lipinski definition) is 3. The van der Waals surface area contributed by atoms with Gasteiger partial charge in [-0.25, -0.2) is 0 Å². The van der Waals surface area contributed by atoms with Gasteiger partial charge < -0.3 is 11.1 Å². The Bertz CT molecular complexity index is 585. The first-order chi connectivity index (χ1) is 9.22. The summed E-state index contributed by atoms with van der Waals surface area (Å²) in [5.41, 5.74) is 8.01. The van der Waals surface area contributed by atoms with Crippen molar-refractivity contribution in [3.05, 3.63) is 35.5 Å². The van der Waals surface area contributed by atoms with E-state index in [2.05, 4.69) is 10.3 Å². The standard InChI is InChI=1S/C15H18ClN3/c16-11-2-4-13-14(5-6-18-15(13)8-11)19-9-10-1-3-12(17)7-10/h2,4-6,8,10,12H,1,3,7,9,17H2,(H,18,19). The van der Waals surface area contributed by atoms with Crippen molar-refractivity contribution in [2.75, 3.05) is 11.9 Å². The summed E-state index contributed by atoms with van der Waals surface area (Å²) >= 11 is 5.99. The van der Waals surface area contributed by atoms with Crippen LogP contribution in [0.4, 0.5) is 5.69 Å². The molecule has 0 bridgehead atoms. The molecule has 3 nitrogen and oxygen atoms in total. The second kappa shape index (κ2) is 5.35. The lowest BCUT2D eigenvalue weighted by Crippen LogP contribution is -2.17. The smallest absolute Gasteiger partial charge is 0.0737 e. The maximum absolute atomic E-state index is 5.99. The van der Waals surface area contributed by atoms with Crippen molar-refractivity contribution >= 4 is 28.2 Å². The number of aromatic nitrogens is 1. The fourth-order valence-corrected chi connectivity index (χ4v) is 3.00. The number of nitrogens with two attached hydrogens (primary N) is 1. The molecule has 1 fully saturated rings. The Hall–Kier alpha value is -1.32. The number of nitrogens with one attached hydrogen (secondary N) is 1. The largest absolute Gasteiger partial charge is 0.384 e. The van der Waals surface area contributed by atoms with E-state index in [1.165, 1.54) is 6.42 Å². The molecule has 0 aliphatic heterocycles. The molecule has 1 aliphatic carbocycles. The van der Waals surface area contributed by atoms with Crippen LogP contribution in [-0.2, 0) is 0 Å². The van der Waals surface area contributed by atoms with Crippen molar-refractivity contribution in [3.63, 3.8) is 0 Å². The zero-order chi connectivity index (χ0) is 13.2. The Morgan fingerprint density at radius 1 is 1.32 bits per heavy atom. The molecule has 1 saturated carbocycles. The number of rotatable bonds is 3. The van der Waals surface area contributed by atoms with Gasteiger partial charge in [0.1, 0.15) is 0 Å². The van der Waals surface area contributed by atoms with Crippen molar-refractivity contribution in [3.8, 4) is 0 Å². The second-order valence-corrected chi connectivity index (χ2v) is 5.78. The van der Waals surface area contributed by atoms with Crippen molar-refractivity contribution in [1.29, 1.82) is 0 Å². The quantitative estimate of drug-likeness (QED) is 0.902. The SMILES string of the molecule is NC1CCC(CNc2ccnc3cc(Cl)ccc23)C1. The van der Waals surface area contributed by atoms with Crippen LogP contribution in [0.5, 0.6) is 0 Å². The van der Waals surface area contributed by atoms with Gasteiger partial charge in [-0.05, 0) is 49.4 Å². The number of halogens is 1. The van der Waals surface area contributed by atoms with Gasteiger partial charge in [-0.15, -0.1) is 0 Å². The number of benzene rings is 1. The zero-order valence-electron chi connectivity index (χ0n) is 10.8. The Labute approximate surface area is 118 Å². The molecule has 1 heterocycles. The van der Waals surface area contributed by atoms with Crippen LogP contribution in [0.2, 0.25) is 5.02 Å². The van der Waals surface area contributed by atoms with Gasteiger partial charge in [0.2, 0.25) is 0 Å². The van der Waals surface area contributed by atoms with E-state index in [-0.39, 0.29) is 0 Å². The van der Waals surface area contributed by atoms with E-state index in [1.807, 2.05) is 30.5 Å². The molecule has 2 unspecified atom stereocenters. The number of fused-ring (bicyclic) bond motifs is 1. The van der Waals surface area contributed by atoms with Gasteiger partial charge in [0, 0.05) is 34.9 Å². The minimum Gasteiger partial charge on any atom is -0.384 e. The molecule has 1 aromatic heterocycles.